The quantitative estimate of drug-likeness (QED) is 0.211. The first kappa shape index (κ1) is 28.5. The van der Waals surface area contributed by atoms with Gasteiger partial charge in [0.05, 0.1) is 22.0 Å². The third-order valence-electron chi connectivity index (χ3n) is 5.82. The Bertz CT molecular complexity index is 1490. The molecule has 4 rings (SSSR count). The van der Waals surface area contributed by atoms with Crippen molar-refractivity contribution in [1.29, 1.82) is 0 Å². The average Bonchev–Trinajstić information content (AvgIpc) is 2.89. The largest absolute Gasteiger partial charge is 0.487 e. The second kappa shape index (κ2) is 12.5. The van der Waals surface area contributed by atoms with E-state index in [9.17, 15) is 14.7 Å². The Hall–Kier alpha value is -3.55. The maximum absolute atomic E-state index is 12.4. The van der Waals surface area contributed by atoms with Gasteiger partial charge in [-0.25, -0.2) is 9.78 Å². The highest BCUT2D eigenvalue weighted by molar-refractivity contribution is 7.99. The minimum Gasteiger partial charge on any atom is -0.487 e. The number of carboxylic acid groups (broad SMARTS) is 1. The van der Waals surface area contributed by atoms with Gasteiger partial charge in [-0.1, -0.05) is 48.0 Å². The highest BCUT2D eigenvalue weighted by Crippen LogP contribution is 2.38. The second-order valence-corrected chi connectivity index (χ2v) is 11.9. The molecule has 1 aromatic heterocycles. The number of hydrogen-bond acceptors (Lipinski definition) is 5. The summed E-state index contributed by atoms with van der Waals surface area (Å²) in [6.07, 6.45) is 0.352. The summed E-state index contributed by atoms with van der Waals surface area (Å²) in [7, 11) is 0. The van der Waals surface area contributed by atoms with Crippen molar-refractivity contribution in [3.8, 4) is 5.75 Å². The summed E-state index contributed by atoms with van der Waals surface area (Å²) in [6, 6.07) is 24.2. The van der Waals surface area contributed by atoms with E-state index in [-0.39, 0.29) is 28.9 Å². The fourth-order valence-electron chi connectivity index (χ4n) is 4.11. The van der Waals surface area contributed by atoms with Crippen molar-refractivity contribution in [2.75, 3.05) is 5.75 Å². The van der Waals surface area contributed by atoms with E-state index < -0.39 is 5.97 Å². The summed E-state index contributed by atoms with van der Waals surface area (Å²) in [5.41, 5.74) is 3.31. The van der Waals surface area contributed by atoms with Crippen molar-refractivity contribution in [2.45, 2.75) is 44.6 Å². The van der Waals surface area contributed by atoms with Crippen LogP contribution in [0.1, 0.15) is 59.6 Å². The number of nitrogens with zero attached hydrogens (tertiary/aromatic N) is 1. The minimum atomic E-state index is -0.980. The molecule has 0 saturated heterocycles. The average molecular weight is 563 g/mol. The third kappa shape index (κ3) is 8.22. The van der Waals surface area contributed by atoms with Gasteiger partial charge in [0.25, 0.3) is 0 Å². The number of hydrogen-bond donors (Lipinski definition) is 2. The Morgan fingerprint density at radius 1 is 1.00 bits per heavy atom. The number of aromatic nitrogens is 1. The molecule has 0 bridgehead atoms. The van der Waals surface area contributed by atoms with Gasteiger partial charge in [-0.15, -0.1) is 11.8 Å². The molecule has 1 heterocycles. The molecule has 0 radical (unpaired) electrons. The van der Waals surface area contributed by atoms with Crippen molar-refractivity contribution in [1.82, 2.24) is 10.3 Å². The van der Waals surface area contributed by atoms with Crippen LogP contribution < -0.4 is 10.1 Å². The van der Waals surface area contributed by atoms with E-state index in [0.717, 1.165) is 27.7 Å². The number of rotatable bonds is 10. The van der Waals surface area contributed by atoms with Crippen LogP contribution in [0, 0.1) is 0 Å². The van der Waals surface area contributed by atoms with Crippen molar-refractivity contribution >= 4 is 46.1 Å². The van der Waals surface area contributed by atoms with Crippen LogP contribution >= 0.6 is 23.4 Å². The molecule has 6 nitrogen and oxygen atoms in total. The standard InChI is InChI=1S/C31H31ClN2O4S/c1-31(2,3)34-28(35)14-15-39-29(21-6-4-8-23(16-21)30(36)37)22-7-5-9-26(17-22)38-19-25-13-11-20-10-12-24(32)18-27(20)33-25/h4-13,16-18,29H,14-15,19H2,1-3H3,(H,34,35)(H,36,37). The Morgan fingerprint density at radius 2 is 1.72 bits per heavy atom. The first-order valence-corrected chi connectivity index (χ1v) is 14.0. The lowest BCUT2D eigenvalue weighted by Crippen LogP contribution is -2.40. The molecular formula is C31H31ClN2O4S. The summed E-state index contributed by atoms with van der Waals surface area (Å²) in [5.74, 6) is 0.241. The van der Waals surface area contributed by atoms with Gasteiger partial charge in [-0.05, 0) is 74.4 Å². The zero-order valence-electron chi connectivity index (χ0n) is 22.1. The molecular weight excluding hydrogens is 532 g/mol. The van der Waals surface area contributed by atoms with Crippen LogP contribution in [0.3, 0.4) is 0 Å². The number of nitrogens with one attached hydrogen (secondary N) is 1. The number of benzene rings is 3. The van der Waals surface area contributed by atoms with Gasteiger partial charge in [0.15, 0.2) is 0 Å². The van der Waals surface area contributed by atoms with Crippen molar-refractivity contribution in [3.63, 3.8) is 0 Å². The van der Waals surface area contributed by atoms with Crippen molar-refractivity contribution in [2.24, 2.45) is 0 Å². The van der Waals surface area contributed by atoms with E-state index >= 15 is 0 Å². The van der Waals surface area contributed by atoms with Gasteiger partial charge in [0.2, 0.25) is 5.91 Å². The fraction of sp³-hybridized carbons (Fsp3) is 0.258. The number of carbonyl (C=O) groups is 2. The van der Waals surface area contributed by atoms with Crippen LogP contribution in [0.25, 0.3) is 10.9 Å². The molecule has 0 fully saturated rings. The Kier molecular flexibility index (Phi) is 9.15. The molecule has 2 N–H and O–H groups in total. The summed E-state index contributed by atoms with van der Waals surface area (Å²) < 4.78 is 6.09. The number of halogens is 1. The third-order valence-corrected chi connectivity index (χ3v) is 7.38. The first-order chi connectivity index (χ1) is 18.6. The van der Waals surface area contributed by atoms with Gasteiger partial charge < -0.3 is 15.2 Å². The highest BCUT2D eigenvalue weighted by Gasteiger charge is 2.19. The van der Waals surface area contributed by atoms with E-state index in [2.05, 4.69) is 10.3 Å². The topological polar surface area (TPSA) is 88.5 Å². The number of fused-ring (bicyclic) bond motifs is 1. The SMILES string of the molecule is CC(C)(C)NC(=O)CCSC(c1cccc(OCc2ccc3ccc(Cl)cc3n2)c1)c1cccc(C(=O)O)c1. The van der Waals surface area contributed by atoms with Crippen LogP contribution in [0.15, 0.2) is 78.9 Å². The van der Waals surface area contributed by atoms with E-state index in [0.29, 0.717) is 22.9 Å². The smallest absolute Gasteiger partial charge is 0.335 e. The maximum atomic E-state index is 12.4. The summed E-state index contributed by atoms with van der Waals surface area (Å²) in [6.45, 7) is 6.14. The number of pyridine rings is 1. The molecule has 39 heavy (non-hydrogen) atoms. The molecule has 0 aliphatic heterocycles. The van der Waals surface area contributed by atoms with Gasteiger partial charge in [0.1, 0.15) is 12.4 Å². The van der Waals surface area contributed by atoms with E-state index in [1.807, 2.05) is 81.4 Å². The minimum absolute atomic E-state index is 0.0192. The Morgan fingerprint density at radius 3 is 2.46 bits per heavy atom. The van der Waals surface area contributed by atoms with Gasteiger partial charge in [-0.2, -0.15) is 0 Å². The fourth-order valence-corrected chi connectivity index (χ4v) is 5.49. The summed E-state index contributed by atoms with van der Waals surface area (Å²) >= 11 is 7.72. The molecule has 1 amide bonds. The molecule has 8 heteroatoms. The molecule has 202 valence electrons. The number of amides is 1. The van der Waals surface area contributed by atoms with E-state index in [1.165, 1.54) is 0 Å². The monoisotopic (exact) mass is 562 g/mol. The number of thioether (sulfide) groups is 1. The summed E-state index contributed by atoms with van der Waals surface area (Å²) in [5, 5.41) is 14.0. The molecule has 0 aliphatic carbocycles. The number of ether oxygens (including phenoxy) is 1. The van der Waals surface area contributed by atoms with Crippen molar-refractivity contribution in [3.05, 3.63) is 106 Å². The van der Waals surface area contributed by atoms with Gasteiger partial charge in [0, 0.05) is 28.1 Å². The summed E-state index contributed by atoms with van der Waals surface area (Å²) in [4.78, 5) is 28.7. The number of carboxylic acids is 1. The Labute approximate surface area is 237 Å². The van der Waals surface area contributed by atoms with E-state index in [4.69, 9.17) is 16.3 Å². The van der Waals surface area contributed by atoms with Crippen LogP contribution in [-0.2, 0) is 11.4 Å². The molecule has 0 spiro atoms. The number of aromatic carboxylic acids is 1. The normalized spacial score (nSPS) is 12.2. The Balaban J connectivity index is 1.53. The lowest BCUT2D eigenvalue weighted by atomic mass is 10.0. The molecule has 0 aliphatic rings. The first-order valence-electron chi connectivity index (χ1n) is 12.6. The van der Waals surface area contributed by atoms with E-state index in [1.54, 1.807) is 30.0 Å². The molecule has 4 aromatic rings. The second-order valence-electron chi connectivity index (χ2n) is 10.2. The van der Waals surface area contributed by atoms with Crippen LogP contribution in [0.5, 0.6) is 5.75 Å². The molecule has 1 unspecified atom stereocenters. The lowest BCUT2D eigenvalue weighted by molar-refractivity contribution is -0.122. The molecule has 0 saturated carbocycles. The maximum Gasteiger partial charge on any atom is 0.335 e. The van der Waals surface area contributed by atoms with Crippen molar-refractivity contribution < 1.29 is 19.4 Å². The zero-order chi connectivity index (χ0) is 28.0. The molecule has 3 aromatic carbocycles. The highest BCUT2D eigenvalue weighted by atomic mass is 35.5. The predicted molar refractivity (Wildman–Crippen MR) is 158 cm³/mol. The van der Waals surface area contributed by atoms with Crippen LogP contribution in [-0.4, -0.2) is 33.3 Å². The van der Waals surface area contributed by atoms with Gasteiger partial charge >= 0.3 is 5.97 Å². The lowest BCUT2D eigenvalue weighted by Gasteiger charge is -2.22. The number of carbonyl (C=O) groups excluding carboxylic acids is 1. The zero-order valence-corrected chi connectivity index (χ0v) is 23.7. The predicted octanol–water partition coefficient (Wildman–Crippen LogP) is 7.29. The molecule has 1 atom stereocenters. The van der Waals surface area contributed by atoms with Crippen LogP contribution in [0.4, 0.5) is 0 Å². The van der Waals surface area contributed by atoms with Crippen LogP contribution in [0.2, 0.25) is 5.02 Å². The van der Waals surface area contributed by atoms with Gasteiger partial charge in [-0.3, -0.25) is 4.79 Å².